The van der Waals surface area contributed by atoms with Crippen LogP contribution in [0.4, 0.5) is 5.82 Å². The molecule has 1 amide bonds. The van der Waals surface area contributed by atoms with E-state index in [2.05, 4.69) is 20.2 Å². The number of ether oxygens (including phenoxy) is 1. The zero-order chi connectivity index (χ0) is 16.4. The number of rotatable bonds is 3. The summed E-state index contributed by atoms with van der Waals surface area (Å²) in [5.41, 5.74) is 0. The smallest absolute Gasteiger partial charge is 0.251 e. The Balaban J connectivity index is 1.36. The fraction of sp³-hybridized carbons (Fsp3) is 0.500. The molecule has 0 saturated carbocycles. The number of hydrogen-bond donors (Lipinski definition) is 0. The summed E-state index contributed by atoms with van der Waals surface area (Å²) in [6.45, 7) is 3.61. The highest BCUT2D eigenvalue weighted by molar-refractivity contribution is 5.81. The molecule has 0 aliphatic carbocycles. The zero-order valence-corrected chi connectivity index (χ0v) is 13.4. The Morgan fingerprint density at radius 3 is 2.54 bits per heavy atom. The highest BCUT2D eigenvalue weighted by Crippen LogP contribution is 2.18. The molecule has 0 radical (unpaired) electrons. The molecule has 1 unspecified atom stereocenters. The zero-order valence-electron chi connectivity index (χ0n) is 13.4. The average Bonchev–Trinajstić information content (AvgIpc) is 3.35. The van der Waals surface area contributed by atoms with Crippen LogP contribution in [0, 0.1) is 0 Å². The quantitative estimate of drug-likeness (QED) is 0.816. The SMILES string of the molecule is O=C(C1CCCO1)N1CCN(c2ccc(-n3cccn3)nn2)CC1. The first kappa shape index (κ1) is 15.1. The Hall–Kier alpha value is -2.48. The number of hydrogen-bond acceptors (Lipinski definition) is 6. The minimum Gasteiger partial charge on any atom is -0.368 e. The van der Waals surface area contributed by atoms with Gasteiger partial charge in [-0.2, -0.15) is 5.10 Å². The van der Waals surface area contributed by atoms with E-state index in [0.29, 0.717) is 25.5 Å². The van der Waals surface area contributed by atoms with Crippen LogP contribution in [0.5, 0.6) is 0 Å². The predicted octanol–water partition coefficient (Wildman–Crippen LogP) is 0.490. The van der Waals surface area contributed by atoms with Crippen molar-refractivity contribution in [3.8, 4) is 5.82 Å². The molecule has 2 saturated heterocycles. The molecule has 2 aromatic rings. The van der Waals surface area contributed by atoms with Gasteiger partial charge in [-0.15, -0.1) is 10.2 Å². The molecule has 4 rings (SSSR count). The van der Waals surface area contributed by atoms with Crippen LogP contribution >= 0.6 is 0 Å². The highest BCUT2D eigenvalue weighted by atomic mass is 16.5. The highest BCUT2D eigenvalue weighted by Gasteiger charge is 2.30. The van der Waals surface area contributed by atoms with Crippen molar-refractivity contribution in [2.24, 2.45) is 0 Å². The normalized spacial score (nSPS) is 21.2. The van der Waals surface area contributed by atoms with Gasteiger partial charge in [0.05, 0.1) is 0 Å². The number of amides is 1. The lowest BCUT2D eigenvalue weighted by atomic mass is 10.2. The summed E-state index contributed by atoms with van der Waals surface area (Å²) in [4.78, 5) is 16.4. The van der Waals surface area contributed by atoms with Gasteiger partial charge in [0.15, 0.2) is 11.6 Å². The first-order valence-corrected chi connectivity index (χ1v) is 8.30. The Bertz CT molecular complexity index is 673. The largest absolute Gasteiger partial charge is 0.368 e. The van der Waals surface area contributed by atoms with Crippen molar-refractivity contribution < 1.29 is 9.53 Å². The van der Waals surface area contributed by atoms with Gasteiger partial charge in [-0.05, 0) is 31.0 Å². The maximum atomic E-state index is 12.4. The monoisotopic (exact) mass is 328 g/mol. The van der Waals surface area contributed by atoms with Gasteiger partial charge in [0.2, 0.25) is 0 Å². The van der Waals surface area contributed by atoms with E-state index in [-0.39, 0.29) is 12.0 Å². The third kappa shape index (κ3) is 2.96. The minimum absolute atomic E-state index is 0.132. The topological polar surface area (TPSA) is 76.4 Å². The van der Waals surface area contributed by atoms with Crippen molar-refractivity contribution in [2.75, 3.05) is 37.7 Å². The van der Waals surface area contributed by atoms with Gasteiger partial charge in [-0.3, -0.25) is 4.79 Å². The van der Waals surface area contributed by atoms with E-state index >= 15 is 0 Å². The van der Waals surface area contributed by atoms with Crippen LogP contribution in [-0.4, -0.2) is 69.7 Å². The van der Waals surface area contributed by atoms with Gasteiger partial charge in [-0.1, -0.05) is 0 Å². The number of piperazine rings is 1. The number of carbonyl (C=O) groups excluding carboxylic acids is 1. The average molecular weight is 328 g/mol. The molecular formula is C16H20N6O2. The molecule has 2 aliphatic heterocycles. The second-order valence-electron chi connectivity index (χ2n) is 6.01. The van der Waals surface area contributed by atoms with Crippen LogP contribution in [0.25, 0.3) is 5.82 Å². The van der Waals surface area contributed by atoms with Crippen molar-refractivity contribution in [3.05, 3.63) is 30.6 Å². The summed E-state index contributed by atoms with van der Waals surface area (Å²) in [6.07, 6.45) is 5.14. The number of anilines is 1. The molecule has 2 aliphatic rings. The van der Waals surface area contributed by atoms with Gasteiger partial charge in [0, 0.05) is 45.2 Å². The predicted molar refractivity (Wildman–Crippen MR) is 86.9 cm³/mol. The maximum absolute atomic E-state index is 12.4. The molecular weight excluding hydrogens is 308 g/mol. The van der Waals surface area contributed by atoms with Crippen molar-refractivity contribution in [2.45, 2.75) is 18.9 Å². The van der Waals surface area contributed by atoms with E-state index in [0.717, 1.165) is 31.7 Å². The fourth-order valence-electron chi connectivity index (χ4n) is 3.15. The summed E-state index contributed by atoms with van der Waals surface area (Å²) in [7, 11) is 0. The molecule has 1 atom stereocenters. The summed E-state index contributed by atoms with van der Waals surface area (Å²) >= 11 is 0. The standard InChI is InChI=1S/C16H20N6O2/c23-16(13-3-1-12-24-13)21-10-8-20(9-11-21)14-4-5-15(19-18-14)22-7-2-6-17-22/h2,4-7,13H,1,3,8-12H2. The van der Waals surface area contributed by atoms with E-state index in [9.17, 15) is 4.79 Å². The Labute approximate surface area is 140 Å². The van der Waals surface area contributed by atoms with Crippen molar-refractivity contribution in [1.29, 1.82) is 0 Å². The molecule has 0 N–H and O–H groups in total. The summed E-state index contributed by atoms with van der Waals surface area (Å²) in [5, 5.41) is 12.7. The molecule has 2 fully saturated rings. The van der Waals surface area contributed by atoms with E-state index in [4.69, 9.17) is 4.74 Å². The van der Waals surface area contributed by atoms with Crippen LogP contribution in [0.15, 0.2) is 30.6 Å². The number of nitrogens with zero attached hydrogens (tertiary/aromatic N) is 6. The van der Waals surface area contributed by atoms with Gasteiger partial charge >= 0.3 is 0 Å². The van der Waals surface area contributed by atoms with Gasteiger partial charge in [0.1, 0.15) is 6.10 Å². The second kappa shape index (κ2) is 6.56. The fourth-order valence-corrected chi connectivity index (χ4v) is 3.15. The summed E-state index contributed by atoms with van der Waals surface area (Å²) in [5.74, 6) is 1.65. The Kier molecular flexibility index (Phi) is 4.12. The van der Waals surface area contributed by atoms with E-state index in [1.807, 2.05) is 29.3 Å². The second-order valence-corrected chi connectivity index (χ2v) is 6.01. The molecule has 2 aromatic heterocycles. The van der Waals surface area contributed by atoms with Crippen LogP contribution in [0.1, 0.15) is 12.8 Å². The van der Waals surface area contributed by atoms with Crippen LogP contribution in [0.3, 0.4) is 0 Å². The first-order chi connectivity index (χ1) is 11.8. The third-order valence-electron chi connectivity index (χ3n) is 4.50. The molecule has 0 bridgehead atoms. The molecule has 24 heavy (non-hydrogen) atoms. The van der Waals surface area contributed by atoms with Gasteiger partial charge in [0.25, 0.3) is 5.91 Å². The molecule has 0 aromatic carbocycles. The molecule has 126 valence electrons. The molecule has 8 nitrogen and oxygen atoms in total. The number of carbonyl (C=O) groups is 1. The lowest BCUT2D eigenvalue weighted by Gasteiger charge is -2.36. The van der Waals surface area contributed by atoms with Gasteiger partial charge in [-0.25, -0.2) is 4.68 Å². The molecule has 8 heteroatoms. The molecule has 0 spiro atoms. The molecule has 4 heterocycles. The minimum atomic E-state index is -0.232. The van der Waals surface area contributed by atoms with Crippen LogP contribution in [0.2, 0.25) is 0 Å². The Morgan fingerprint density at radius 1 is 1.12 bits per heavy atom. The Morgan fingerprint density at radius 2 is 1.92 bits per heavy atom. The van der Waals surface area contributed by atoms with Crippen molar-refractivity contribution in [3.63, 3.8) is 0 Å². The number of aromatic nitrogens is 4. The summed E-state index contributed by atoms with van der Waals surface area (Å²) < 4.78 is 7.17. The van der Waals surface area contributed by atoms with Crippen molar-refractivity contribution >= 4 is 11.7 Å². The lowest BCUT2D eigenvalue weighted by Crippen LogP contribution is -2.51. The lowest BCUT2D eigenvalue weighted by molar-refractivity contribution is -0.141. The third-order valence-corrected chi connectivity index (χ3v) is 4.50. The van der Waals surface area contributed by atoms with Gasteiger partial charge < -0.3 is 14.5 Å². The first-order valence-electron chi connectivity index (χ1n) is 8.30. The maximum Gasteiger partial charge on any atom is 0.251 e. The summed E-state index contributed by atoms with van der Waals surface area (Å²) in [6, 6.07) is 5.70. The van der Waals surface area contributed by atoms with E-state index in [1.165, 1.54) is 0 Å². The van der Waals surface area contributed by atoms with Crippen LogP contribution < -0.4 is 4.90 Å². The van der Waals surface area contributed by atoms with Crippen molar-refractivity contribution in [1.82, 2.24) is 24.9 Å². The van der Waals surface area contributed by atoms with Crippen LogP contribution in [-0.2, 0) is 9.53 Å². The van der Waals surface area contributed by atoms with E-state index < -0.39 is 0 Å². The van der Waals surface area contributed by atoms with E-state index in [1.54, 1.807) is 10.9 Å².